The second-order valence-corrected chi connectivity index (χ2v) is 8.11. The number of carbonyl (C=O) groups excluding carboxylic acids is 2. The number of nitrogens with one attached hydrogen (secondary N) is 2. The number of sulfone groups is 1. The predicted molar refractivity (Wildman–Crippen MR) is 90.0 cm³/mol. The van der Waals surface area contributed by atoms with Gasteiger partial charge in [0.25, 0.3) is 0 Å². The summed E-state index contributed by atoms with van der Waals surface area (Å²) in [7, 11) is -3.30. The molecule has 0 saturated carbocycles. The molecule has 128 valence electrons. The maximum Gasteiger partial charge on any atom is 0.246 e. The minimum absolute atomic E-state index is 0.232. The molecule has 0 aliphatic heterocycles. The predicted octanol–water partition coefficient (Wildman–Crippen LogP) is 1.89. The van der Waals surface area contributed by atoms with Crippen molar-refractivity contribution in [2.75, 3.05) is 11.6 Å². The van der Waals surface area contributed by atoms with Gasteiger partial charge in [0.05, 0.1) is 4.90 Å². The van der Waals surface area contributed by atoms with Crippen LogP contribution >= 0.6 is 0 Å². The van der Waals surface area contributed by atoms with Crippen molar-refractivity contribution >= 4 is 27.3 Å². The van der Waals surface area contributed by atoms with Crippen molar-refractivity contribution in [1.29, 1.82) is 0 Å². The maximum absolute atomic E-state index is 12.3. The van der Waals surface area contributed by atoms with Gasteiger partial charge in [-0.25, -0.2) is 8.42 Å². The monoisotopic (exact) mass is 340 g/mol. The number of carbonyl (C=O) groups is 2. The number of benzene rings is 1. The van der Waals surface area contributed by atoms with E-state index < -0.39 is 15.9 Å². The smallest absolute Gasteiger partial charge is 0.246 e. The van der Waals surface area contributed by atoms with Gasteiger partial charge in [0.2, 0.25) is 11.8 Å². The van der Waals surface area contributed by atoms with Crippen molar-refractivity contribution in [1.82, 2.24) is 5.32 Å². The van der Waals surface area contributed by atoms with Gasteiger partial charge in [0, 0.05) is 18.9 Å². The standard InChI is InChI=1S/C16H24N2O4S/c1-10(2)8-14(17-12(4)19)16(20)18-13-6-7-15(11(3)9-13)23(5,21)22/h6-7,9-10,14H,8H2,1-5H3,(H,17,19)(H,18,20)/t14-/m0/s1. The molecule has 0 saturated heterocycles. The molecule has 2 N–H and O–H groups in total. The lowest BCUT2D eigenvalue weighted by molar-refractivity contribution is -0.125. The van der Waals surface area contributed by atoms with E-state index in [2.05, 4.69) is 10.6 Å². The van der Waals surface area contributed by atoms with Crippen molar-refractivity contribution in [3.63, 3.8) is 0 Å². The summed E-state index contributed by atoms with van der Waals surface area (Å²) in [5.41, 5.74) is 1.06. The van der Waals surface area contributed by atoms with E-state index in [1.165, 1.54) is 13.0 Å². The third-order valence-electron chi connectivity index (χ3n) is 3.24. The topological polar surface area (TPSA) is 92.3 Å². The second kappa shape index (κ2) is 7.59. The molecule has 7 heteroatoms. The Balaban J connectivity index is 2.94. The van der Waals surface area contributed by atoms with E-state index in [-0.39, 0.29) is 22.6 Å². The molecule has 0 bridgehead atoms. The maximum atomic E-state index is 12.3. The molecule has 0 fully saturated rings. The number of rotatable bonds is 6. The van der Waals surface area contributed by atoms with E-state index in [4.69, 9.17) is 0 Å². The van der Waals surface area contributed by atoms with E-state index in [0.29, 0.717) is 17.7 Å². The van der Waals surface area contributed by atoms with Crippen LogP contribution in [0.3, 0.4) is 0 Å². The summed E-state index contributed by atoms with van der Waals surface area (Å²) in [4.78, 5) is 23.8. The van der Waals surface area contributed by atoms with Crippen molar-refractivity contribution < 1.29 is 18.0 Å². The van der Waals surface area contributed by atoms with Gasteiger partial charge in [-0.1, -0.05) is 13.8 Å². The number of aryl methyl sites for hydroxylation is 1. The molecule has 6 nitrogen and oxygen atoms in total. The lowest BCUT2D eigenvalue weighted by atomic mass is 10.0. The van der Waals surface area contributed by atoms with Crippen LogP contribution in [0.4, 0.5) is 5.69 Å². The van der Waals surface area contributed by atoms with Gasteiger partial charge in [-0.05, 0) is 43.0 Å². The molecular weight excluding hydrogens is 316 g/mol. The zero-order valence-electron chi connectivity index (χ0n) is 14.1. The lowest BCUT2D eigenvalue weighted by Gasteiger charge is -2.19. The highest BCUT2D eigenvalue weighted by Crippen LogP contribution is 2.20. The molecule has 1 rings (SSSR count). The first-order valence-electron chi connectivity index (χ1n) is 7.39. The summed E-state index contributed by atoms with van der Waals surface area (Å²) in [5, 5.41) is 5.36. The minimum atomic E-state index is -3.30. The van der Waals surface area contributed by atoms with Crippen molar-refractivity contribution in [3.05, 3.63) is 23.8 Å². The van der Waals surface area contributed by atoms with Gasteiger partial charge in [-0.2, -0.15) is 0 Å². The zero-order valence-corrected chi connectivity index (χ0v) is 15.0. The van der Waals surface area contributed by atoms with Crippen molar-refractivity contribution in [2.45, 2.75) is 45.1 Å². The molecule has 0 aliphatic carbocycles. The van der Waals surface area contributed by atoms with Crippen LogP contribution in [0.5, 0.6) is 0 Å². The lowest BCUT2D eigenvalue weighted by Crippen LogP contribution is -2.43. The van der Waals surface area contributed by atoms with E-state index >= 15 is 0 Å². The van der Waals surface area contributed by atoms with Crippen LogP contribution in [0.1, 0.15) is 32.8 Å². The SMILES string of the molecule is CC(=O)N[C@@H](CC(C)C)C(=O)Nc1ccc(S(C)(=O)=O)c(C)c1. The summed E-state index contributed by atoms with van der Waals surface area (Å²) < 4.78 is 23.2. The molecule has 23 heavy (non-hydrogen) atoms. The van der Waals surface area contributed by atoms with Crippen LogP contribution in [-0.2, 0) is 19.4 Å². The van der Waals surface area contributed by atoms with Crippen LogP contribution in [0.15, 0.2) is 23.1 Å². The number of hydrogen-bond donors (Lipinski definition) is 2. The summed E-state index contributed by atoms with van der Waals surface area (Å²) in [6, 6.07) is 3.99. The molecule has 0 heterocycles. The Hall–Kier alpha value is -1.89. The Kier molecular flexibility index (Phi) is 6.32. The molecule has 0 aliphatic rings. The molecule has 0 spiro atoms. The highest BCUT2D eigenvalue weighted by Gasteiger charge is 2.21. The Morgan fingerprint density at radius 2 is 1.83 bits per heavy atom. The van der Waals surface area contributed by atoms with Gasteiger partial charge in [0.1, 0.15) is 6.04 Å². The highest BCUT2D eigenvalue weighted by molar-refractivity contribution is 7.90. The fourth-order valence-electron chi connectivity index (χ4n) is 2.32. The molecule has 1 aromatic carbocycles. The van der Waals surface area contributed by atoms with Crippen LogP contribution < -0.4 is 10.6 Å². The minimum Gasteiger partial charge on any atom is -0.345 e. The number of amides is 2. The normalized spacial score (nSPS) is 12.8. The van der Waals surface area contributed by atoms with Crippen molar-refractivity contribution in [2.24, 2.45) is 5.92 Å². The summed E-state index contributed by atoms with van der Waals surface area (Å²) in [5.74, 6) is -0.346. The number of anilines is 1. The molecule has 0 unspecified atom stereocenters. The Bertz CT molecular complexity index is 696. The Morgan fingerprint density at radius 3 is 2.26 bits per heavy atom. The number of hydrogen-bond acceptors (Lipinski definition) is 4. The summed E-state index contributed by atoms with van der Waals surface area (Å²) >= 11 is 0. The average Bonchev–Trinajstić information content (AvgIpc) is 2.35. The fraction of sp³-hybridized carbons (Fsp3) is 0.500. The Morgan fingerprint density at radius 1 is 1.22 bits per heavy atom. The third kappa shape index (κ3) is 6.02. The largest absolute Gasteiger partial charge is 0.345 e. The van der Waals surface area contributed by atoms with E-state index in [0.717, 1.165) is 6.26 Å². The molecule has 2 amide bonds. The first-order chi connectivity index (χ1) is 10.5. The van der Waals surface area contributed by atoms with Crippen LogP contribution in [0.2, 0.25) is 0 Å². The van der Waals surface area contributed by atoms with Gasteiger partial charge in [0.15, 0.2) is 9.84 Å². The van der Waals surface area contributed by atoms with E-state index in [1.807, 2.05) is 13.8 Å². The first-order valence-corrected chi connectivity index (χ1v) is 9.28. The van der Waals surface area contributed by atoms with E-state index in [1.54, 1.807) is 19.1 Å². The zero-order chi connectivity index (χ0) is 17.8. The van der Waals surface area contributed by atoms with Crippen LogP contribution in [0, 0.1) is 12.8 Å². The van der Waals surface area contributed by atoms with E-state index in [9.17, 15) is 18.0 Å². The average molecular weight is 340 g/mol. The first kappa shape index (κ1) is 19.2. The molecule has 1 atom stereocenters. The van der Waals surface area contributed by atoms with Gasteiger partial charge >= 0.3 is 0 Å². The van der Waals surface area contributed by atoms with Gasteiger partial charge in [-0.15, -0.1) is 0 Å². The fourth-order valence-corrected chi connectivity index (χ4v) is 3.28. The van der Waals surface area contributed by atoms with Gasteiger partial charge < -0.3 is 10.6 Å². The van der Waals surface area contributed by atoms with Crippen LogP contribution in [-0.4, -0.2) is 32.5 Å². The van der Waals surface area contributed by atoms with Crippen LogP contribution in [0.25, 0.3) is 0 Å². The molecule has 0 radical (unpaired) electrons. The van der Waals surface area contributed by atoms with Gasteiger partial charge in [-0.3, -0.25) is 9.59 Å². The third-order valence-corrected chi connectivity index (χ3v) is 4.50. The second-order valence-electron chi connectivity index (χ2n) is 6.12. The highest BCUT2D eigenvalue weighted by atomic mass is 32.2. The summed E-state index contributed by atoms with van der Waals surface area (Å²) in [6.07, 6.45) is 1.66. The molecular formula is C16H24N2O4S. The Labute approximate surface area is 137 Å². The molecule has 0 aromatic heterocycles. The quantitative estimate of drug-likeness (QED) is 0.827. The van der Waals surface area contributed by atoms with Crippen molar-refractivity contribution in [3.8, 4) is 0 Å². The molecule has 1 aromatic rings. The summed E-state index contributed by atoms with van der Waals surface area (Å²) in [6.45, 7) is 6.97.